The van der Waals surface area contributed by atoms with Crippen molar-refractivity contribution in [1.82, 2.24) is 16.0 Å². The topological polar surface area (TPSA) is 278 Å². The molecule has 0 aromatic rings. The first-order chi connectivity index (χ1) is 39.2. The van der Waals surface area contributed by atoms with Crippen molar-refractivity contribution < 1.29 is 67.0 Å². The Morgan fingerprint density at radius 1 is 0.651 bits per heavy atom. The van der Waals surface area contributed by atoms with Gasteiger partial charge in [-0.3, -0.25) is 52.7 Å². The minimum atomic E-state index is -1.03. The molecule has 18 nitrogen and oxygen atoms in total. The van der Waals surface area contributed by atoms with Gasteiger partial charge in [0, 0.05) is 82.9 Å². The van der Waals surface area contributed by atoms with Gasteiger partial charge in [0.15, 0.2) is 23.1 Å². The quantitative estimate of drug-likeness (QED) is 0.0898. The van der Waals surface area contributed by atoms with E-state index < -0.39 is 101 Å². The standard InChI is InChI=1S/C63H84N4O14S2/c1-59(2,79-7)21-20-52(74)67-45(58(78)66-29-54(76)81-31-49(73)43-15-13-41-39-11-9-35-25-37(69)19-23-61(35,4)56(39)47(71)27-63(41,43)6)33-83-51-17-16-50(51)82-32-44(64)57(77)65-28-53(75)80-30-48(72)42-14-12-40-38-10-8-34-24-36(68)18-22-60(34,3)55(38)46(70)26-62(40,42)5/h18-19,22-25,38-45,50-51,55-56H,8-17,20-21,26-33,64H2,1-7H3,(H,65,77)(H,66,78)(H,67,74). The van der Waals surface area contributed by atoms with Crippen LogP contribution in [0.1, 0.15) is 131 Å². The summed E-state index contributed by atoms with van der Waals surface area (Å²) in [6.45, 7) is 9.86. The maximum absolute atomic E-state index is 14.0. The summed E-state index contributed by atoms with van der Waals surface area (Å²) in [6, 6.07) is -1.99. The zero-order valence-corrected chi connectivity index (χ0v) is 50.8. The van der Waals surface area contributed by atoms with E-state index in [0.29, 0.717) is 19.3 Å². The van der Waals surface area contributed by atoms with Gasteiger partial charge >= 0.3 is 11.9 Å². The van der Waals surface area contributed by atoms with Crippen LogP contribution in [0.15, 0.2) is 47.6 Å². The lowest BCUT2D eigenvalue weighted by atomic mass is 9.47. The van der Waals surface area contributed by atoms with Crippen molar-refractivity contribution in [2.45, 2.75) is 160 Å². The Morgan fingerprint density at radius 2 is 1.11 bits per heavy atom. The number of rotatable bonds is 23. The van der Waals surface area contributed by atoms with E-state index in [4.69, 9.17) is 19.9 Å². The number of methoxy groups -OCH3 is 1. The smallest absolute Gasteiger partial charge is 0.325 e. The Morgan fingerprint density at radius 3 is 1.57 bits per heavy atom. The fourth-order valence-electron chi connectivity index (χ4n) is 16.6. The lowest BCUT2D eigenvalue weighted by Crippen LogP contribution is -2.54. The second-order valence-electron chi connectivity index (χ2n) is 26.7. The molecule has 9 rings (SSSR count). The molecule has 9 aliphatic rings. The molecule has 83 heavy (non-hydrogen) atoms. The second-order valence-corrected chi connectivity index (χ2v) is 29.3. The van der Waals surface area contributed by atoms with Crippen LogP contribution in [0.25, 0.3) is 0 Å². The van der Waals surface area contributed by atoms with Crippen LogP contribution < -0.4 is 21.7 Å². The highest BCUT2D eigenvalue weighted by Gasteiger charge is 2.64. The fraction of sp³-hybridized carbons (Fsp3) is 0.698. The highest BCUT2D eigenvalue weighted by molar-refractivity contribution is 8.04. The van der Waals surface area contributed by atoms with E-state index in [-0.39, 0.29) is 117 Å². The number of hydrogen-bond donors (Lipinski definition) is 4. The number of ketones is 6. The van der Waals surface area contributed by atoms with Gasteiger partial charge in [-0.05, 0) is 143 Å². The Labute approximate surface area is 495 Å². The molecule has 0 aromatic heterocycles. The summed E-state index contributed by atoms with van der Waals surface area (Å²) in [6.07, 6.45) is 18.6. The molecule has 7 fully saturated rings. The molecule has 0 spiro atoms. The third-order valence-electron chi connectivity index (χ3n) is 21.5. The van der Waals surface area contributed by atoms with Gasteiger partial charge < -0.3 is 35.9 Å². The summed E-state index contributed by atoms with van der Waals surface area (Å²) in [5, 5.41) is 8.06. The number of hydrogen-bond acceptors (Lipinski definition) is 17. The number of thioether (sulfide) groups is 2. The van der Waals surface area contributed by atoms with Crippen LogP contribution in [0.3, 0.4) is 0 Å². The molecule has 0 aromatic carbocycles. The molecule has 0 radical (unpaired) electrons. The molecule has 0 bridgehead atoms. The van der Waals surface area contributed by atoms with Gasteiger partial charge in [-0.2, -0.15) is 23.5 Å². The average Bonchev–Trinajstić information content (AvgIpc) is 4.09. The molecule has 16 unspecified atom stereocenters. The molecule has 20 heteroatoms. The number of carbonyl (C=O) groups is 11. The highest BCUT2D eigenvalue weighted by Crippen LogP contribution is 2.67. The number of amides is 3. The van der Waals surface area contributed by atoms with E-state index in [1.54, 1.807) is 31.4 Å². The summed E-state index contributed by atoms with van der Waals surface area (Å²) in [7, 11) is 1.55. The minimum absolute atomic E-state index is 0.0496. The lowest BCUT2D eigenvalue weighted by molar-refractivity contribution is -0.153. The van der Waals surface area contributed by atoms with Crippen molar-refractivity contribution in [1.29, 1.82) is 0 Å². The zero-order valence-electron chi connectivity index (χ0n) is 49.1. The number of allylic oxidation sites excluding steroid dienone is 8. The van der Waals surface area contributed by atoms with E-state index in [9.17, 15) is 52.7 Å². The van der Waals surface area contributed by atoms with Gasteiger partial charge in [-0.1, -0.05) is 51.0 Å². The van der Waals surface area contributed by atoms with Crippen molar-refractivity contribution in [3.63, 3.8) is 0 Å². The zero-order chi connectivity index (χ0) is 60.0. The van der Waals surface area contributed by atoms with Crippen molar-refractivity contribution in [2.75, 3.05) is 44.9 Å². The Balaban J connectivity index is 0.698. The number of Topliss-reactive ketones (excluding diaryl/α,β-unsaturated/α-hetero) is 4. The molecule has 9 aliphatic carbocycles. The maximum atomic E-state index is 14.0. The summed E-state index contributed by atoms with van der Waals surface area (Å²) >= 11 is 2.97. The molecule has 7 saturated carbocycles. The number of nitrogens with two attached hydrogens (primary N) is 1. The van der Waals surface area contributed by atoms with Crippen LogP contribution in [0.2, 0.25) is 0 Å². The molecule has 16 atom stereocenters. The predicted octanol–water partition coefficient (Wildman–Crippen LogP) is 5.66. The Kier molecular flexibility index (Phi) is 18.6. The van der Waals surface area contributed by atoms with Crippen LogP contribution in [0.5, 0.6) is 0 Å². The number of esters is 2. The summed E-state index contributed by atoms with van der Waals surface area (Å²) in [4.78, 5) is 146. The third-order valence-corrected chi connectivity index (χ3v) is 24.7. The first kappa shape index (κ1) is 62.5. The summed E-state index contributed by atoms with van der Waals surface area (Å²) < 4.78 is 16.3. The van der Waals surface area contributed by atoms with Crippen LogP contribution in [-0.2, 0) is 67.0 Å². The fourth-order valence-corrected chi connectivity index (χ4v) is 19.7. The van der Waals surface area contributed by atoms with Gasteiger partial charge in [0.25, 0.3) is 0 Å². The van der Waals surface area contributed by atoms with Gasteiger partial charge in [0.05, 0.1) is 11.6 Å². The summed E-state index contributed by atoms with van der Waals surface area (Å²) in [5.74, 6) is -4.16. The van der Waals surface area contributed by atoms with Crippen LogP contribution in [-0.4, -0.2) is 137 Å². The average molecular weight is 1190 g/mol. The van der Waals surface area contributed by atoms with Crippen molar-refractivity contribution >= 4 is 87.9 Å². The van der Waals surface area contributed by atoms with E-state index in [0.717, 1.165) is 62.5 Å². The minimum Gasteiger partial charge on any atom is -0.456 e. The van der Waals surface area contributed by atoms with Crippen LogP contribution >= 0.6 is 23.5 Å². The molecular formula is C63H84N4O14S2. The van der Waals surface area contributed by atoms with Gasteiger partial charge in [0.1, 0.15) is 43.9 Å². The monoisotopic (exact) mass is 1180 g/mol. The normalized spacial score (nSPS) is 35.5. The molecular weight excluding hydrogens is 1100 g/mol. The number of nitrogens with one attached hydrogen (secondary N) is 3. The van der Waals surface area contributed by atoms with E-state index in [2.05, 4.69) is 22.9 Å². The van der Waals surface area contributed by atoms with Crippen molar-refractivity contribution in [3.05, 3.63) is 47.6 Å². The molecule has 452 valence electrons. The number of carbonyl (C=O) groups excluding carboxylic acids is 11. The Hall–Kier alpha value is -5.05. The van der Waals surface area contributed by atoms with Gasteiger partial charge in [-0.25, -0.2) is 0 Å². The van der Waals surface area contributed by atoms with Gasteiger partial charge in [0.2, 0.25) is 17.7 Å². The molecule has 3 amide bonds. The lowest BCUT2D eigenvalue weighted by Gasteiger charge is -2.55. The first-order valence-corrected chi connectivity index (χ1v) is 32.0. The molecule has 0 saturated heterocycles. The second kappa shape index (κ2) is 24.7. The predicted molar refractivity (Wildman–Crippen MR) is 311 cm³/mol. The summed E-state index contributed by atoms with van der Waals surface area (Å²) in [5.41, 5.74) is 5.52. The third kappa shape index (κ3) is 12.6. The maximum Gasteiger partial charge on any atom is 0.325 e. The number of ether oxygens (including phenoxy) is 3. The highest BCUT2D eigenvalue weighted by atomic mass is 32.2. The number of fused-ring (bicyclic) bond motifs is 10. The largest absolute Gasteiger partial charge is 0.456 e. The molecule has 0 heterocycles. The molecule has 0 aliphatic heterocycles. The van der Waals surface area contributed by atoms with Crippen LogP contribution in [0, 0.1) is 69.0 Å². The SMILES string of the molecule is COC(C)(C)CCC(=O)NC(CSC1CCC1SCC(N)C(=O)NCC(=O)OCC(=O)C1CCC2C3CCC4=CC(=O)C=CC4(C)C3C(=O)CC12C)C(=O)NCC(=O)OCC(=O)C1CCC2C3CCC4=CC(=O)C=CC4(C)C3C(=O)CC12C. The van der Waals surface area contributed by atoms with Crippen LogP contribution in [0.4, 0.5) is 0 Å². The van der Waals surface area contributed by atoms with Crippen molar-refractivity contribution in [2.24, 2.45) is 74.7 Å². The van der Waals surface area contributed by atoms with E-state index in [1.165, 1.54) is 23.5 Å². The van der Waals surface area contributed by atoms with Gasteiger partial charge in [-0.15, -0.1) is 0 Å². The Bertz CT molecular complexity index is 2830. The van der Waals surface area contributed by atoms with Crippen molar-refractivity contribution in [3.8, 4) is 0 Å². The first-order valence-electron chi connectivity index (χ1n) is 29.9. The molecule has 5 N–H and O–H groups in total. The van der Waals surface area contributed by atoms with E-state index in [1.807, 2.05) is 46.8 Å². The van der Waals surface area contributed by atoms with E-state index >= 15 is 0 Å².